The van der Waals surface area contributed by atoms with E-state index in [1.165, 1.54) is 19.3 Å². The lowest BCUT2D eigenvalue weighted by Crippen LogP contribution is -2.16. The first kappa shape index (κ1) is 11.0. The van der Waals surface area contributed by atoms with Crippen LogP contribution < -0.4 is 5.32 Å². The van der Waals surface area contributed by atoms with Crippen LogP contribution in [0.3, 0.4) is 0 Å². The highest BCUT2D eigenvalue weighted by molar-refractivity contribution is 5.61. The number of hydrogen-bond acceptors (Lipinski definition) is 2. The maximum Gasteiger partial charge on any atom is 0.102 e. The third kappa shape index (κ3) is 2.19. The molecule has 0 bridgehead atoms. The molecule has 0 aliphatic heterocycles. The average molecular weight is 214 g/mol. The summed E-state index contributed by atoms with van der Waals surface area (Å²) in [7, 11) is 0. The Labute approximate surface area is 97.3 Å². The van der Waals surface area contributed by atoms with E-state index in [1.807, 2.05) is 25.1 Å². The fraction of sp³-hybridized carbons (Fsp3) is 0.500. The fourth-order valence-electron chi connectivity index (χ4n) is 2.49. The molecule has 0 saturated heterocycles. The van der Waals surface area contributed by atoms with E-state index < -0.39 is 0 Å². The van der Waals surface area contributed by atoms with Gasteiger partial charge in [-0.15, -0.1) is 0 Å². The summed E-state index contributed by atoms with van der Waals surface area (Å²) in [4.78, 5) is 0. The standard InChI is InChI=1S/C14H18N2/c1-10-6-7-12(8-10)16-14-5-3-4-11(2)13(14)9-15/h3-5,10,12,16H,6-8H2,1-2H3. The molecular formula is C14H18N2. The maximum absolute atomic E-state index is 9.14. The minimum atomic E-state index is 0.545. The van der Waals surface area contributed by atoms with Crippen molar-refractivity contribution in [3.05, 3.63) is 29.3 Å². The Hall–Kier alpha value is -1.49. The van der Waals surface area contributed by atoms with Crippen LogP contribution in [0.25, 0.3) is 0 Å². The fourth-order valence-corrected chi connectivity index (χ4v) is 2.49. The lowest BCUT2D eigenvalue weighted by molar-refractivity contribution is 0.602. The van der Waals surface area contributed by atoms with Gasteiger partial charge in [0.1, 0.15) is 6.07 Å². The summed E-state index contributed by atoms with van der Waals surface area (Å²) in [5.41, 5.74) is 2.85. The quantitative estimate of drug-likeness (QED) is 0.818. The van der Waals surface area contributed by atoms with Gasteiger partial charge in [0.05, 0.1) is 11.3 Å². The summed E-state index contributed by atoms with van der Waals surface area (Å²) >= 11 is 0. The van der Waals surface area contributed by atoms with Gasteiger partial charge in [-0.3, -0.25) is 0 Å². The zero-order valence-corrected chi connectivity index (χ0v) is 9.96. The number of nitrogens with one attached hydrogen (secondary N) is 1. The van der Waals surface area contributed by atoms with Gasteiger partial charge >= 0.3 is 0 Å². The second-order valence-corrected chi connectivity index (χ2v) is 4.87. The van der Waals surface area contributed by atoms with Gasteiger partial charge < -0.3 is 5.32 Å². The van der Waals surface area contributed by atoms with Crippen molar-refractivity contribution < 1.29 is 0 Å². The van der Waals surface area contributed by atoms with Crippen molar-refractivity contribution in [3.8, 4) is 6.07 Å². The summed E-state index contributed by atoms with van der Waals surface area (Å²) in [6.45, 7) is 4.28. The lowest BCUT2D eigenvalue weighted by Gasteiger charge is -2.16. The molecule has 0 aromatic heterocycles. The Balaban J connectivity index is 2.16. The molecule has 2 rings (SSSR count). The van der Waals surface area contributed by atoms with Gasteiger partial charge in [-0.25, -0.2) is 0 Å². The molecule has 16 heavy (non-hydrogen) atoms. The van der Waals surface area contributed by atoms with Gasteiger partial charge in [0.25, 0.3) is 0 Å². The van der Waals surface area contributed by atoms with E-state index >= 15 is 0 Å². The molecule has 1 aliphatic carbocycles. The van der Waals surface area contributed by atoms with Crippen molar-refractivity contribution in [2.45, 2.75) is 39.2 Å². The molecule has 1 N–H and O–H groups in total. The SMILES string of the molecule is Cc1cccc(NC2CCC(C)C2)c1C#N. The first-order chi connectivity index (χ1) is 7.70. The summed E-state index contributed by atoms with van der Waals surface area (Å²) in [6.07, 6.45) is 3.74. The maximum atomic E-state index is 9.14. The summed E-state index contributed by atoms with van der Waals surface area (Å²) < 4.78 is 0. The minimum Gasteiger partial charge on any atom is -0.381 e. The van der Waals surface area contributed by atoms with Crippen LogP contribution >= 0.6 is 0 Å². The second kappa shape index (κ2) is 4.57. The predicted molar refractivity (Wildman–Crippen MR) is 66.3 cm³/mol. The Morgan fingerprint density at radius 2 is 2.19 bits per heavy atom. The van der Waals surface area contributed by atoms with E-state index in [0.29, 0.717) is 6.04 Å². The second-order valence-electron chi connectivity index (χ2n) is 4.87. The third-order valence-corrected chi connectivity index (χ3v) is 3.44. The summed E-state index contributed by atoms with van der Waals surface area (Å²) in [6, 6.07) is 8.84. The van der Waals surface area contributed by atoms with E-state index in [2.05, 4.69) is 18.3 Å². The molecule has 1 saturated carbocycles. The molecule has 1 aliphatic rings. The molecule has 2 heteroatoms. The Morgan fingerprint density at radius 3 is 2.81 bits per heavy atom. The molecule has 1 fully saturated rings. The Morgan fingerprint density at radius 1 is 1.38 bits per heavy atom. The van der Waals surface area contributed by atoms with E-state index in [-0.39, 0.29) is 0 Å². The summed E-state index contributed by atoms with van der Waals surface area (Å²) in [5, 5.41) is 12.6. The monoisotopic (exact) mass is 214 g/mol. The number of nitrogens with zero attached hydrogens (tertiary/aromatic N) is 1. The van der Waals surface area contributed by atoms with Gasteiger partial charge in [-0.1, -0.05) is 19.1 Å². The third-order valence-electron chi connectivity index (χ3n) is 3.44. The largest absolute Gasteiger partial charge is 0.381 e. The molecule has 2 unspecified atom stereocenters. The van der Waals surface area contributed by atoms with E-state index in [0.717, 1.165) is 22.7 Å². The number of nitriles is 1. The predicted octanol–water partition coefficient (Wildman–Crippen LogP) is 3.47. The normalized spacial score (nSPS) is 24.1. The molecule has 0 amide bonds. The zero-order chi connectivity index (χ0) is 11.5. The van der Waals surface area contributed by atoms with Crippen LogP contribution in [0, 0.1) is 24.2 Å². The van der Waals surface area contributed by atoms with Crippen LogP contribution in [0.1, 0.15) is 37.3 Å². The van der Waals surface area contributed by atoms with Gasteiger partial charge in [0.2, 0.25) is 0 Å². The van der Waals surface area contributed by atoms with Crippen LogP contribution in [-0.4, -0.2) is 6.04 Å². The van der Waals surface area contributed by atoms with Crippen molar-refractivity contribution in [3.63, 3.8) is 0 Å². The Bertz CT molecular complexity index is 417. The number of anilines is 1. The van der Waals surface area contributed by atoms with Crippen LogP contribution in [0.4, 0.5) is 5.69 Å². The number of aryl methyl sites for hydroxylation is 1. The zero-order valence-electron chi connectivity index (χ0n) is 9.96. The molecular weight excluding hydrogens is 196 g/mol. The topological polar surface area (TPSA) is 35.8 Å². The van der Waals surface area contributed by atoms with Crippen molar-refractivity contribution in [2.75, 3.05) is 5.32 Å². The number of rotatable bonds is 2. The van der Waals surface area contributed by atoms with Crippen molar-refractivity contribution in [1.29, 1.82) is 5.26 Å². The average Bonchev–Trinajstić information content (AvgIpc) is 2.64. The summed E-state index contributed by atoms with van der Waals surface area (Å²) in [5.74, 6) is 0.813. The van der Waals surface area contributed by atoms with Crippen LogP contribution in [0.15, 0.2) is 18.2 Å². The first-order valence-corrected chi connectivity index (χ1v) is 5.97. The van der Waals surface area contributed by atoms with Gasteiger partial charge in [-0.05, 0) is 43.7 Å². The Kier molecular flexibility index (Phi) is 3.14. The van der Waals surface area contributed by atoms with Crippen LogP contribution in [-0.2, 0) is 0 Å². The highest BCUT2D eigenvalue weighted by Crippen LogP contribution is 2.29. The van der Waals surface area contributed by atoms with E-state index in [4.69, 9.17) is 5.26 Å². The van der Waals surface area contributed by atoms with Crippen molar-refractivity contribution in [1.82, 2.24) is 0 Å². The van der Waals surface area contributed by atoms with E-state index in [9.17, 15) is 0 Å². The molecule has 1 aromatic rings. The smallest absolute Gasteiger partial charge is 0.102 e. The lowest BCUT2D eigenvalue weighted by atomic mass is 10.1. The molecule has 0 spiro atoms. The van der Waals surface area contributed by atoms with Gasteiger partial charge in [0, 0.05) is 6.04 Å². The van der Waals surface area contributed by atoms with Crippen LogP contribution in [0.2, 0.25) is 0 Å². The molecule has 2 nitrogen and oxygen atoms in total. The molecule has 84 valence electrons. The molecule has 2 atom stereocenters. The highest BCUT2D eigenvalue weighted by Gasteiger charge is 2.21. The van der Waals surface area contributed by atoms with Crippen molar-refractivity contribution >= 4 is 5.69 Å². The van der Waals surface area contributed by atoms with Gasteiger partial charge in [-0.2, -0.15) is 5.26 Å². The molecule has 0 heterocycles. The first-order valence-electron chi connectivity index (χ1n) is 5.97. The molecule has 0 radical (unpaired) electrons. The number of hydrogen-bond donors (Lipinski definition) is 1. The van der Waals surface area contributed by atoms with Crippen molar-refractivity contribution in [2.24, 2.45) is 5.92 Å². The van der Waals surface area contributed by atoms with E-state index in [1.54, 1.807) is 0 Å². The van der Waals surface area contributed by atoms with Crippen LogP contribution in [0.5, 0.6) is 0 Å². The molecule has 1 aromatic carbocycles. The number of benzene rings is 1. The minimum absolute atomic E-state index is 0.545. The van der Waals surface area contributed by atoms with Gasteiger partial charge in [0.15, 0.2) is 0 Å². The highest BCUT2D eigenvalue weighted by atomic mass is 14.9.